The van der Waals surface area contributed by atoms with E-state index in [2.05, 4.69) is 57.6 Å². The van der Waals surface area contributed by atoms with Gasteiger partial charge in [0.15, 0.2) is 0 Å². The Morgan fingerprint density at radius 2 is 1.93 bits per heavy atom. The van der Waals surface area contributed by atoms with Gasteiger partial charge in [-0.25, -0.2) is 4.98 Å². The molecule has 8 nitrogen and oxygen atoms in total. The van der Waals surface area contributed by atoms with Crippen molar-refractivity contribution in [3.63, 3.8) is 0 Å². The Bertz CT molecular complexity index is 1890. The van der Waals surface area contributed by atoms with E-state index in [1.54, 1.807) is 0 Å². The zero-order valence-corrected chi connectivity index (χ0v) is 26.2. The summed E-state index contributed by atoms with van der Waals surface area (Å²) in [6.45, 7) is 12.6. The molecular weight excluding hydrogens is 540 g/mol. The van der Waals surface area contributed by atoms with Crippen LogP contribution in [0.25, 0.3) is 34.2 Å². The number of aromatic amines is 2. The van der Waals surface area contributed by atoms with Crippen LogP contribution in [0.5, 0.6) is 0 Å². The number of aliphatic hydroxyl groups excluding tert-OH is 2. The fourth-order valence-corrected chi connectivity index (χ4v) is 7.49. The molecule has 43 heavy (non-hydrogen) atoms. The van der Waals surface area contributed by atoms with Gasteiger partial charge >= 0.3 is 5.97 Å². The van der Waals surface area contributed by atoms with Crippen molar-refractivity contribution in [2.75, 3.05) is 7.11 Å². The van der Waals surface area contributed by atoms with Crippen molar-refractivity contribution in [3.8, 4) is 0 Å². The molecule has 6 rings (SSSR count). The number of allylic oxidation sites excluding steroid dienone is 2. The Labute approximate surface area is 252 Å². The second-order valence-corrected chi connectivity index (χ2v) is 12.5. The van der Waals surface area contributed by atoms with Gasteiger partial charge in [0.25, 0.3) is 0 Å². The molecule has 2 aromatic rings. The number of aliphatic hydroxyl groups is 2. The van der Waals surface area contributed by atoms with Crippen LogP contribution in [-0.2, 0) is 27.8 Å². The molecule has 5 heterocycles. The van der Waals surface area contributed by atoms with E-state index in [9.17, 15) is 15.0 Å². The molecule has 3 aliphatic heterocycles. The lowest BCUT2D eigenvalue weighted by atomic mass is 9.83. The maximum Gasteiger partial charge on any atom is 0.305 e. The first-order valence-corrected chi connectivity index (χ1v) is 15.5. The molecular formula is C35H42N4O4. The molecule has 0 aromatic carbocycles. The van der Waals surface area contributed by atoms with Gasteiger partial charge in [-0.15, -0.1) is 0 Å². The molecule has 0 saturated carbocycles. The highest BCUT2D eigenvalue weighted by molar-refractivity contribution is 5.94. The van der Waals surface area contributed by atoms with Gasteiger partial charge in [0.1, 0.15) is 5.76 Å². The van der Waals surface area contributed by atoms with Crippen LogP contribution in [0, 0.1) is 6.92 Å². The van der Waals surface area contributed by atoms with E-state index >= 15 is 0 Å². The number of carbonyl (C=O) groups excluding carboxylic acids is 1. The molecule has 0 spiro atoms. The van der Waals surface area contributed by atoms with Crippen LogP contribution in [0.15, 0.2) is 12.1 Å². The standard InChI is InChI=1S/C35H42N4O4/c1-8-20-18(4)30-24(16-40)31-19(5)22(12-13-29(41)43-7)33(39-31)23-11-10-21-17(3)25(37-32(21)23)14-27-34(42)35(6,9-2)28(36-27)15-26(20)38-30/h14-16,19,22,36,38,40,42H,8-13H2,1-7H3/t19-,22-,35?/m0/s1. The number of hydrogen-bond donors (Lipinski definition) is 4. The normalized spacial score (nSPS) is 22.4. The van der Waals surface area contributed by atoms with Crippen LogP contribution >= 0.6 is 0 Å². The molecule has 4 N–H and O–H groups in total. The molecule has 0 saturated heterocycles. The van der Waals surface area contributed by atoms with Gasteiger partial charge in [0.2, 0.25) is 0 Å². The number of nitrogens with one attached hydrogen (secondary N) is 2. The van der Waals surface area contributed by atoms with Crippen LogP contribution in [0.4, 0.5) is 0 Å². The molecule has 226 valence electrons. The van der Waals surface area contributed by atoms with Crippen LogP contribution in [-0.4, -0.2) is 43.2 Å². The van der Waals surface area contributed by atoms with Gasteiger partial charge in [-0.3, -0.25) is 9.78 Å². The summed E-state index contributed by atoms with van der Waals surface area (Å²) in [5.74, 6) is 0.00531. The summed E-state index contributed by atoms with van der Waals surface area (Å²) in [6, 6.07) is 4.08. The highest BCUT2D eigenvalue weighted by Crippen LogP contribution is 2.46. The third kappa shape index (κ3) is 4.28. The van der Waals surface area contributed by atoms with Crippen molar-refractivity contribution in [1.29, 1.82) is 0 Å². The van der Waals surface area contributed by atoms with E-state index in [1.807, 2.05) is 6.07 Å². The number of methoxy groups -OCH3 is 1. The summed E-state index contributed by atoms with van der Waals surface area (Å²) in [4.78, 5) is 29.8. The molecule has 8 bridgehead atoms. The average Bonchev–Trinajstić information content (AvgIpc) is 3.76. The minimum absolute atomic E-state index is 0.0256. The van der Waals surface area contributed by atoms with Gasteiger partial charge in [-0.2, -0.15) is 0 Å². The molecule has 2 aromatic heterocycles. The summed E-state index contributed by atoms with van der Waals surface area (Å²) in [5.41, 5.74) is 11.3. The molecule has 4 aliphatic rings. The maximum atomic E-state index is 12.2. The predicted octanol–water partition coefficient (Wildman–Crippen LogP) is 5.96. The number of carbonyl (C=O) groups is 1. The lowest BCUT2D eigenvalue weighted by Crippen LogP contribution is -2.21. The third-order valence-corrected chi connectivity index (χ3v) is 10.4. The van der Waals surface area contributed by atoms with Crippen LogP contribution in [0.1, 0.15) is 117 Å². The monoisotopic (exact) mass is 582 g/mol. The Morgan fingerprint density at radius 1 is 1.16 bits per heavy atom. The molecule has 0 radical (unpaired) electrons. The maximum absolute atomic E-state index is 12.2. The summed E-state index contributed by atoms with van der Waals surface area (Å²) in [6.07, 6.45) is 5.25. The minimum Gasteiger partial charge on any atom is -0.515 e. The number of aryl methyl sites for hydroxylation is 2. The molecule has 1 unspecified atom stereocenters. The van der Waals surface area contributed by atoms with Crippen molar-refractivity contribution in [3.05, 3.63) is 67.9 Å². The molecule has 8 heteroatoms. The van der Waals surface area contributed by atoms with Gasteiger partial charge in [0.05, 0.1) is 52.0 Å². The fourth-order valence-electron chi connectivity index (χ4n) is 7.49. The summed E-state index contributed by atoms with van der Waals surface area (Å²) in [7, 11) is 1.42. The van der Waals surface area contributed by atoms with Crippen molar-refractivity contribution in [1.82, 2.24) is 19.9 Å². The van der Waals surface area contributed by atoms with Crippen molar-refractivity contribution in [2.24, 2.45) is 0 Å². The number of hydrogen-bond acceptors (Lipinski definition) is 6. The summed E-state index contributed by atoms with van der Waals surface area (Å²) >= 11 is 0. The molecule has 3 atom stereocenters. The highest BCUT2D eigenvalue weighted by Gasteiger charge is 2.38. The Balaban J connectivity index is 1.79. The van der Waals surface area contributed by atoms with Gasteiger partial charge < -0.3 is 24.9 Å². The lowest BCUT2D eigenvalue weighted by molar-refractivity contribution is -0.140. The largest absolute Gasteiger partial charge is 0.515 e. The van der Waals surface area contributed by atoms with Crippen LogP contribution in [0.2, 0.25) is 0 Å². The molecule has 0 amide bonds. The topological polar surface area (TPSA) is 124 Å². The SMILES string of the molecule is CCc1c(C)c2[nH]c1cc1[nH]c(cc3nc4c(c5nc(c2=CO)[C@@H](C)[C@@H]5CCC(=O)OC)CCC4=C3C)=C(O)C1(C)CC. The van der Waals surface area contributed by atoms with E-state index in [1.165, 1.54) is 18.9 Å². The van der Waals surface area contributed by atoms with E-state index in [4.69, 9.17) is 14.7 Å². The second kappa shape index (κ2) is 10.6. The van der Waals surface area contributed by atoms with E-state index in [-0.39, 0.29) is 24.2 Å². The first-order chi connectivity index (χ1) is 20.6. The average molecular weight is 583 g/mol. The number of aromatic nitrogens is 4. The summed E-state index contributed by atoms with van der Waals surface area (Å²) < 4.78 is 4.99. The number of ether oxygens (including phenoxy) is 1. The van der Waals surface area contributed by atoms with Gasteiger partial charge in [0, 0.05) is 40.7 Å². The molecule has 1 aliphatic carbocycles. The Morgan fingerprint density at radius 3 is 2.60 bits per heavy atom. The zero-order chi connectivity index (χ0) is 30.8. The lowest BCUT2D eigenvalue weighted by Gasteiger charge is -2.22. The fraction of sp³-hybridized carbons (Fsp3) is 0.457. The smallest absolute Gasteiger partial charge is 0.305 e. The van der Waals surface area contributed by atoms with Crippen molar-refractivity contribution >= 4 is 40.2 Å². The first-order valence-electron chi connectivity index (χ1n) is 15.5. The molecule has 0 fully saturated rings. The predicted molar refractivity (Wildman–Crippen MR) is 170 cm³/mol. The third-order valence-electron chi connectivity index (χ3n) is 10.4. The number of rotatable bonds is 5. The zero-order valence-electron chi connectivity index (χ0n) is 26.2. The van der Waals surface area contributed by atoms with Gasteiger partial charge in [-0.05, 0) is 87.3 Å². The number of nitrogens with zero attached hydrogens (tertiary/aromatic N) is 2. The number of H-pyrrole nitrogens is 2. The van der Waals surface area contributed by atoms with Crippen molar-refractivity contribution < 1.29 is 19.7 Å². The van der Waals surface area contributed by atoms with E-state index in [0.29, 0.717) is 29.2 Å². The number of fused-ring (bicyclic) bond motifs is 8. The number of esters is 1. The van der Waals surface area contributed by atoms with Gasteiger partial charge in [-0.1, -0.05) is 20.8 Å². The van der Waals surface area contributed by atoms with Crippen LogP contribution in [0.3, 0.4) is 0 Å². The first kappa shape index (κ1) is 29.0. The van der Waals surface area contributed by atoms with E-state index < -0.39 is 5.41 Å². The second-order valence-electron chi connectivity index (χ2n) is 12.5. The quantitative estimate of drug-likeness (QED) is 0.323. The minimum atomic E-state index is -0.583. The highest BCUT2D eigenvalue weighted by atomic mass is 16.5. The van der Waals surface area contributed by atoms with E-state index in [0.717, 1.165) is 81.0 Å². The Hall–Kier alpha value is -4.07. The van der Waals surface area contributed by atoms with Crippen LogP contribution < -0.4 is 10.6 Å². The summed E-state index contributed by atoms with van der Waals surface area (Å²) in [5, 5.41) is 23.6. The van der Waals surface area contributed by atoms with Crippen molar-refractivity contribution in [2.45, 2.75) is 97.3 Å². The Kier molecular flexibility index (Phi) is 7.14.